The summed E-state index contributed by atoms with van der Waals surface area (Å²) in [6.45, 7) is 5.98. The summed E-state index contributed by atoms with van der Waals surface area (Å²) in [5, 5.41) is 3.43. The van der Waals surface area contributed by atoms with Crippen molar-refractivity contribution in [1.82, 2.24) is 5.32 Å². The molecule has 1 aliphatic rings. The van der Waals surface area contributed by atoms with Gasteiger partial charge in [-0.15, -0.1) is 0 Å². The Balaban J connectivity index is 2.15. The highest BCUT2D eigenvalue weighted by atomic mass is 16.5. The summed E-state index contributed by atoms with van der Waals surface area (Å²) in [6, 6.07) is 8.41. The van der Waals surface area contributed by atoms with Gasteiger partial charge in [-0.25, -0.2) is 0 Å². The lowest BCUT2D eigenvalue weighted by atomic mass is 9.83. The third-order valence-electron chi connectivity index (χ3n) is 4.10. The number of methoxy groups -OCH3 is 1. The van der Waals surface area contributed by atoms with Gasteiger partial charge in [-0.2, -0.15) is 0 Å². The summed E-state index contributed by atoms with van der Waals surface area (Å²) in [4.78, 5) is 11.8. The van der Waals surface area contributed by atoms with Crippen LogP contribution in [0.2, 0.25) is 0 Å². The minimum absolute atomic E-state index is 0.195. The zero-order valence-corrected chi connectivity index (χ0v) is 12.0. The van der Waals surface area contributed by atoms with Crippen LogP contribution in [0.4, 0.5) is 0 Å². The van der Waals surface area contributed by atoms with E-state index in [0.717, 1.165) is 18.7 Å². The van der Waals surface area contributed by atoms with E-state index in [9.17, 15) is 4.79 Å². The fourth-order valence-electron chi connectivity index (χ4n) is 2.68. The average Bonchev–Trinajstić information content (AvgIpc) is 2.47. The molecule has 1 aliphatic heterocycles. The van der Waals surface area contributed by atoms with E-state index in [4.69, 9.17) is 4.74 Å². The van der Waals surface area contributed by atoms with E-state index in [-0.39, 0.29) is 5.97 Å². The molecule has 0 bridgehead atoms. The lowest BCUT2D eigenvalue weighted by Gasteiger charge is -2.25. The van der Waals surface area contributed by atoms with Crippen molar-refractivity contribution in [2.24, 2.45) is 0 Å². The molecule has 1 fully saturated rings. The van der Waals surface area contributed by atoms with Crippen molar-refractivity contribution in [1.29, 1.82) is 0 Å². The van der Waals surface area contributed by atoms with Gasteiger partial charge in [0, 0.05) is 6.54 Å². The van der Waals surface area contributed by atoms with Crippen molar-refractivity contribution in [3.63, 3.8) is 0 Å². The van der Waals surface area contributed by atoms with Crippen LogP contribution in [0.15, 0.2) is 24.3 Å². The van der Waals surface area contributed by atoms with Gasteiger partial charge < -0.3 is 10.1 Å². The van der Waals surface area contributed by atoms with Gasteiger partial charge in [0.05, 0.1) is 12.5 Å². The highest BCUT2D eigenvalue weighted by Gasteiger charge is 2.30. The van der Waals surface area contributed by atoms with Gasteiger partial charge in [0.2, 0.25) is 0 Å². The number of piperidine rings is 1. The Labute approximate surface area is 115 Å². The number of nitrogens with one attached hydrogen (secondary N) is 1. The van der Waals surface area contributed by atoms with E-state index in [1.54, 1.807) is 0 Å². The molecule has 0 spiro atoms. The van der Waals surface area contributed by atoms with Gasteiger partial charge in [-0.1, -0.05) is 24.3 Å². The van der Waals surface area contributed by atoms with Crippen molar-refractivity contribution in [3.05, 3.63) is 35.4 Å². The van der Waals surface area contributed by atoms with Crippen LogP contribution in [-0.4, -0.2) is 26.2 Å². The molecule has 1 unspecified atom stereocenters. The maximum atomic E-state index is 11.8. The molecule has 1 N–H and O–H groups in total. The maximum absolute atomic E-state index is 11.8. The minimum Gasteiger partial charge on any atom is -0.468 e. The Morgan fingerprint density at radius 2 is 2.00 bits per heavy atom. The van der Waals surface area contributed by atoms with Gasteiger partial charge in [0.25, 0.3) is 0 Å². The van der Waals surface area contributed by atoms with Crippen LogP contribution in [0.25, 0.3) is 0 Å². The average molecular weight is 261 g/mol. The second-order valence-electron chi connectivity index (χ2n) is 5.78. The Morgan fingerprint density at radius 3 is 2.53 bits per heavy atom. The van der Waals surface area contributed by atoms with Crippen LogP contribution >= 0.6 is 0 Å². The molecule has 19 heavy (non-hydrogen) atoms. The largest absolute Gasteiger partial charge is 0.468 e. The molecule has 1 heterocycles. The molecule has 0 aliphatic carbocycles. The molecular weight excluding hydrogens is 238 g/mol. The highest BCUT2D eigenvalue weighted by Crippen LogP contribution is 2.28. The van der Waals surface area contributed by atoms with Crippen LogP contribution in [0.3, 0.4) is 0 Å². The quantitative estimate of drug-likeness (QED) is 0.850. The van der Waals surface area contributed by atoms with E-state index in [1.807, 2.05) is 13.8 Å². The molecule has 2 rings (SSSR count). The number of carbonyl (C=O) groups is 1. The molecular formula is C16H23NO2. The van der Waals surface area contributed by atoms with E-state index < -0.39 is 5.41 Å². The molecule has 1 aromatic rings. The first kappa shape index (κ1) is 14.1. The number of rotatable bonds is 3. The number of carbonyl (C=O) groups excluding carboxylic acids is 1. The van der Waals surface area contributed by atoms with Gasteiger partial charge >= 0.3 is 5.97 Å². The summed E-state index contributed by atoms with van der Waals surface area (Å²) >= 11 is 0. The predicted molar refractivity (Wildman–Crippen MR) is 76.3 cm³/mol. The van der Waals surface area contributed by atoms with Gasteiger partial charge in [-0.3, -0.25) is 4.79 Å². The molecule has 1 atom stereocenters. The Morgan fingerprint density at radius 1 is 1.32 bits per heavy atom. The van der Waals surface area contributed by atoms with E-state index in [0.29, 0.717) is 5.92 Å². The first-order valence-electron chi connectivity index (χ1n) is 6.95. The fraction of sp³-hybridized carbons (Fsp3) is 0.562. The maximum Gasteiger partial charge on any atom is 0.315 e. The number of hydrogen-bond donors (Lipinski definition) is 1. The molecule has 3 heteroatoms. The lowest BCUT2D eigenvalue weighted by molar-refractivity contribution is -0.146. The zero-order chi connectivity index (χ0) is 13.9. The molecule has 0 radical (unpaired) electrons. The van der Waals surface area contributed by atoms with Crippen molar-refractivity contribution in [2.75, 3.05) is 20.2 Å². The third-order valence-corrected chi connectivity index (χ3v) is 4.10. The van der Waals surface area contributed by atoms with Gasteiger partial charge in [-0.05, 0) is 50.3 Å². The smallest absolute Gasteiger partial charge is 0.315 e. The summed E-state index contributed by atoms with van der Waals surface area (Å²) < 4.78 is 4.87. The number of benzene rings is 1. The third kappa shape index (κ3) is 2.98. The monoisotopic (exact) mass is 261 g/mol. The van der Waals surface area contributed by atoms with Crippen molar-refractivity contribution >= 4 is 5.97 Å². The summed E-state index contributed by atoms with van der Waals surface area (Å²) in [5.41, 5.74) is 1.78. The predicted octanol–water partition coefficient (Wildman–Crippen LogP) is 2.60. The van der Waals surface area contributed by atoms with Crippen LogP contribution in [-0.2, 0) is 14.9 Å². The van der Waals surface area contributed by atoms with Crippen LogP contribution in [0, 0.1) is 0 Å². The Kier molecular flexibility index (Phi) is 4.25. The van der Waals surface area contributed by atoms with E-state index in [2.05, 4.69) is 29.6 Å². The number of esters is 1. The summed E-state index contributed by atoms with van der Waals surface area (Å²) in [6.07, 6.45) is 2.48. The number of hydrogen-bond acceptors (Lipinski definition) is 3. The van der Waals surface area contributed by atoms with Crippen LogP contribution in [0.5, 0.6) is 0 Å². The number of ether oxygens (including phenoxy) is 1. The molecule has 0 saturated carbocycles. The summed E-state index contributed by atoms with van der Waals surface area (Å²) in [5.74, 6) is 0.406. The van der Waals surface area contributed by atoms with E-state index in [1.165, 1.54) is 25.5 Å². The first-order chi connectivity index (χ1) is 9.05. The second kappa shape index (κ2) is 5.74. The van der Waals surface area contributed by atoms with Crippen molar-refractivity contribution in [3.8, 4) is 0 Å². The van der Waals surface area contributed by atoms with Gasteiger partial charge in [0.1, 0.15) is 0 Å². The van der Waals surface area contributed by atoms with Crippen molar-refractivity contribution < 1.29 is 9.53 Å². The first-order valence-corrected chi connectivity index (χ1v) is 6.95. The van der Waals surface area contributed by atoms with Crippen LogP contribution in [0.1, 0.15) is 43.7 Å². The zero-order valence-electron chi connectivity index (χ0n) is 12.0. The molecule has 104 valence electrons. The molecule has 1 aromatic carbocycles. The van der Waals surface area contributed by atoms with Gasteiger partial charge in [0.15, 0.2) is 0 Å². The normalized spacial score (nSPS) is 20.1. The Hall–Kier alpha value is -1.35. The minimum atomic E-state index is -0.585. The molecule has 3 nitrogen and oxygen atoms in total. The fourth-order valence-corrected chi connectivity index (χ4v) is 2.68. The molecule has 0 aromatic heterocycles. The SMILES string of the molecule is COC(=O)C(C)(C)c1ccc(C2CCCNC2)cc1. The van der Waals surface area contributed by atoms with Crippen molar-refractivity contribution in [2.45, 2.75) is 38.0 Å². The summed E-state index contributed by atoms with van der Waals surface area (Å²) in [7, 11) is 1.44. The Bertz CT molecular complexity index is 431. The molecule has 1 saturated heterocycles. The van der Waals surface area contributed by atoms with E-state index >= 15 is 0 Å². The highest BCUT2D eigenvalue weighted by molar-refractivity contribution is 5.82. The topological polar surface area (TPSA) is 38.3 Å². The second-order valence-corrected chi connectivity index (χ2v) is 5.78. The van der Waals surface area contributed by atoms with Crippen LogP contribution < -0.4 is 5.32 Å². The lowest BCUT2D eigenvalue weighted by Crippen LogP contribution is -2.30. The standard InChI is InChI=1S/C16H23NO2/c1-16(2,15(18)19-3)14-8-6-12(7-9-14)13-5-4-10-17-11-13/h6-9,13,17H,4-5,10-11H2,1-3H3. The molecule has 0 amide bonds.